The van der Waals surface area contributed by atoms with Gasteiger partial charge < -0.3 is 29.7 Å². The fourth-order valence-corrected chi connectivity index (χ4v) is 8.49. The third-order valence-electron chi connectivity index (χ3n) is 11.5. The van der Waals surface area contributed by atoms with Crippen molar-refractivity contribution in [1.82, 2.24) is 14.7 Å². The van der Waals surface area contributed by atoms with Crippen LogP contribution in [0, 0.1) is 29.6 Å². The summed E-state index contributed by atoms with van der Waals surface area (Å²) >= 11 is 0. The Bertz CT molecular complexity index is 1330. The van der Waals surface area contributed by atoms with Gasteiger partial charge in [0.15, 0.2) is 5.78 Å². The number of esters is 1. The van der Waals surface area contributed by atoms with E-state index >= 15 is 0 Å². The quantitative estimate of drug-likeness (QED) is 0.150. The van der Waals surface area contributed by atoms with Crippen molar-refractivity contribution in [3.8, 4) is 0 Å². The minimum Gasteiger partial charge on any atom is -0.469 e. The molecular formula is C42H70N4O8. The van der Waals surface area contributed by atoms with E-state index in [1.807, 2.05) is 77.0 Å². The van der Waals surface area contributed by atoms with Gasteiger partial charge in [0.05, 0.1) is 49.8 Å². The van der Waals surface area contributed by atoms with Crippen molar-refractivity contribution in [2.75, 3.05) is 55.6 Å². The Hall–Kier alpha value is -3.19. The first-order valence-electron chi connectivity index (χ1n) is 19.7. The van der Waals surface area contributed by atoms with Crippen LogP contribution >= 0.6 is 0 Å². The van der Waals surface area contributed by atoms with E-state index in [1.54, 1.807) is 38.0 Å². The maximum atomic E-state index is 14.2. The summed E-state index contributed by atoms with van der Waals surface area (Å²) in [7, 11) is 9.93. The van der Waals surface area contributed by atoms with E-state index in [4.69, 9.17) is 19.9 Å². The van der Waals surface area contributed by atoms with Gasteiger partial charge in [0.2, 0.25) is 11.8 Å². The van der Waals surface area contributed by atoms with Gasteiger partial charge >= 0.3 is 5.97 Å². The van der Waals surface area contributed by atoms with Crippen LogP contribution in [0.25, 0.3) is 0 Å². The van der Waals surface area contributed by atoms with E-state index in [1.165, 1.54) is 7.11 Å². The molecule has 1 saturated heterocycles. The lowest BCUT2D eigenvalue weighted by Gasteiger charge is -2.40. The molecule has 1 aromatic rings. The molecule has 1 aliphatic rings. The third-order valence-corrected chi connectivity index (χ3v) is 11.5. The van der Waals surface area contributed by atoms with Crippen molar-refractivity contribution in [2.24, 2.45) is 35.3 Å². The summed E-state index contributed by atoms with van der Waals surface area (Å²) < 4.78 is 17.0. The number of nitrogens with zero attached hydrogens (tertiary/aromatic N) is 3. The second-order valence-electron chi connectivity index (χ2n) is 15.8. The summed E-state index contributed by atoms with van der Waals surface area (Å²) in [5, 5.41) is 0. The number of benzene rings is 1. The average molecular weight is 759 g/mol. The fraction of sp³-hybridized carbons (Fsp3) is 0.738. The van der Waals surface area contributed by atoms with Crippen LogP contribution in [0.5, 0.6) is 0 Å². The molecule has 54 heavy (non-hydrogen) atoms. The van der Waals surface area contributed by atoms with Gasteiger partial charge in [-0.05, 0) is 63.7 Å². The Balaban J connectivity index is 2.28. The standard InChI is InChI=1S/C42H70N4O8/c1-12-28(4)39(45(8)41(50)31(20-21-43)24-35(48)38(27(2)3)44(6)7)36(52-9)26-37(49)46-22-16-19-33(46)40(53-10)29(5)34(47)25-32(42(51)54-11)23-30-17-14-13-15-18-30/h13-15,17-18,27-29,31-33,36,38-40H,12,16,19-26,43H2,1-11H3/t28-,29-,31+,32+,33-,36+,38-,39-,40+/m0/s1. The van der Waals surface area contributed by atoms with E-state index in [9.17, 15) is 24.0 Å². The zero-order valence-corrected chi connectivity index (χ0v) is 34.9. The van der Waals surface area contributed by atoms with Crippen LogP contribution in [-0.4, -0.2) is 130 Å². The molecular weight excluding hydrogens is 688 g/mol. The lowest BCUT2D eigenvalue weighted by atomic mass is 9.85. The molecule has 0 aromatic heterocycles. The van der Waals surface area contributed by atoms with E-state index < -0.39 is 42.0 Å². The topological polar surface area (TPSA) is 149 Å². The first-order chi connectivity index (χ1) is 25.6. The van der Waals surface area contributed by atoms with Crippen LogP contribution in [0.4, 0.5) is 0 Å². The molecule has 0 unspecified atom stereocenters. The van der Waals surface area contributed by atoms with E-state index in [-0.39, 0.29) is 73.1 Å². The molecule has 1 aromatic carbocycles. The van der Waals surface area contributed by atoms with Gasteiger partial charge in [-0.15, -0.1) is 0 Å². The minimum atomic E-state index is -0.641. The van der Waals surface area contributed by atoms with Gasteiger partial charge in [0.25, 0.3) is 0 Å². The molecule has 1 aliphatic heterocycles. The molecule has 1 fully saturated rings. The Morgan fingerprint density at radius 1 is 0.889 bits per heavy atom. The summed E-state index contributed by atoms with van der Waals surface area (Å²) in [5.74, 6) is -2.65. The van der Waals surface area contributed by atoms with Crippen LogP contribution in [0.15, 0.2) is 30.3 Å². The zero-order valence-electron chi connectivity index (χ0n) is 34.9. The molecule has 9 atom stereocenters. The Labute approximate surface area is 324 Å². The van der Waals surface area contributed by atoms with Crippen LogP contribution in [0.2, 0.25) is 0 Å². The molecule has 2 N–H and O–H groups in total. The Morgan fingerprint density at radius 2 is 1.52 bits per heavy atom. The van der Waals surface area contributed by atoms with Gasteiger partial charge in [0.1, 0.15) is 5.78 Å². The smallest absolute Gasteiger partial charge is 0.309 e. The molecule has 0 aliphatic carbocycles. The number of ether oxygens (including phenoxy) is 3. The fourth-order valence-electron chi connectivity index (χ4n) is 8.49. The van der Waals surface area contributed by atoms with E-state index in [0.29, 0.717) is 25.8 Å². The number of nitrogens with two attached hydrogens (primary N) is 1. The lowest BCUT2D eigenvalue weighted by Crippen LogP contribution is -2.54. The number of hydrogen-bond acceptors (Lipinski definition) is 10. The van der Waals surface area contributed by atoms with Crippen LogP contribution in [-0.2, 0) is 44.6 Å². The summed E-state index contributed by atoms with van der Waals surface area (Å²) in [6.07, 6.45) is 1.80. The van der Waals surface area contributed by atoms with Gasteiger partial charge in [-0.2, -0.15) is 0 Å². The third kappa shape index (κ3) is 12.7. The van der Waals surface area contributed by atoms with Crippen molar-refractivity contribution in [2.45, 2.75) is 116 Å². The number of rotatable bonds is 24. The number of likely N-dealkylation sites (N-methyl/N-ethyl adjacent to an activating group) is 2. The van der Waals surface area contributed by atoms with Crippen molar-refractivity contribution < 1.29 is 38.2 Å². The predicted molar refractivity (Wildman–Crippen MR) is 210 cm³/mol. The van der Waals surface area contributed by atoms with E-state index in [0.717, 1.165) is 18.4 Å². The van der Waals surface area contributed by atoms with Crippen LogP contribution < -0.4 is 5.73 Å². The predicted octanol–water partition coefficient (Wildman–Crippen LogP) is 4.41. The Morgan fingerprint density at radius 3 is 2.04 bits per heavy atom. The molecule has 2 rings (SSSR count). The van der Waals surface area contributed by atoms with Gasteiger partial charge in [0, 0.05) is 52.5 Å². The highest BCUT2D eigenvalue weighted by atomic mass is 16.5. The van der Waals surface area contributed by atoms with E-state index in [2.05, 4.69) is 0 Å². The second kappa shape index (κ2) is 23.0. The number of likely N-dealkylation sites (tertiary alicyclic amines) is 1. The van der Waals surface area contributed by atoms with Crippen LogP contribution in [0.3, 0.4) is 0 Å². The second-order valence-corrected chi connectivity index (χ2v) is 15.8. The maximum Gasteiger partial charge on any atom is 0.309 e. The summed E-state index contributed by atoms with van der Waals surface area (Å²) in [5.41, 5.74) is 6.90. The molecule has 1 heterocycles. The molecule has 0 bridgehead atoms. The molecule has 306 valence electrons. The largest absolute Gasteiger partial charge is 0.469 e. The summed E-state index contributed by atoms with van der Waals surface area (Å²) in [6.45, 7) is 10.7. The maximum absolute atomic E-state index is 14.2. The lowest BCUT2D eigenvalue weighted by molar-refractivity contribution is -0.149. The van der Waals surface area contributed by atoms with Gasteiger partial charge in [-0.25, -0.2) is 0 Å². The van der Waals surface area contributed by atoms with Gasteiger partial charge in [-0.3, -0.25) is 28.9 Å². The zero-order chi connectivity index (χ0) is 40.7. The number of amides is 2. The number of carbonyl (C=O) groups is 5. The number of carbonyl (C=O) groups excluding carboxylic acids is 5. The molecule has 0 radical (unpaired) electrons. The van der Waals surface area contributed by atoms with Crippen molar-refractivity contribution >= 4 is 29.4 Å². The number of Topliss-reactive ketones (excluding diaryl/α,β-unsaturated/α-hetero) is 2. The normalized spacial score (nSPS) is 19.1. The van der Waals surface area contributed by atoms with Crippen molar-refractivity contribution in [1.29, 1.82) is 0 Å². The monoisotopic (exact) mass is 759 g/mol. The first-order valence-corrected chi connectivity index (χ1v) is 19.7. The highest BCUT2D eigenvalue weighted by Gasteiger charge is 2.43. The van der Waals surface area contributed by atoms with Gasteiger partial charge in [-0.1, -0.05) is 71.4 Å². The number of hydrogen-bond donors (Lipinski definition) is 1. The first kappa shape index (κ1) is 47.0. The molecule has 0 saturated carbocycles. The SMILES string of the molecule is CC[C@H](C)[C@@H]([C@@H](CC(=O)N1CCC[C@H]1[C@H](OC)[C@@H](C)C(=O)C[C@@H](Cc1ccccc1)C(=O)OC)OC)N(C)C(=O)[C@H](CCN)CC(=O)[C@H](C(C)C)N(C)C. The minimum absolute atomic E-state index is 0.00399. The van der Waals surface area contributed by atoms with Crippen molar-refractivity contribution in [3.63, 3.8) is 0 Å². The Kier molecular flexibility index (Phi) is 20.0. The summed E-state index contributed by atoms with van der Waals surface area (Å²) in [6, 6.07) is 8.42. The molecule has 2 amide bonds. The molecule has 12 nitrogen and oxygen atoms in total. The highest BCUT2D eigenvalue weighted by Crippen LogP contribution is 2.31. The average Bonchev–Trinajstić information content (AvgIpc) is 3.63. The van der Waals surface area contributed by atoms with Crippen LogP contribution in [0.1, 0.15) is 85.1 Å². The molecule has 12 heteroatoms. The highest BCUT2D eigenvalue weighted by molar-refractivity contribution is 5.90. The summed E-state index contributed by atoms with van der Waals surface area (Å²) in [4.78, 5) is 73.7. The number of methoxy groups -OCH3 is 3. The number of ketones is 2. The van der Waals surface area contributed by atoms with Crippen molar-refractivity contribution in [3.05, 3.63) is 35.9 Å². The molecule has 0 spiro atoms.